The molecule has 1 aromatic rings. The van der Waals surface area contributed by atoms with E-state index in [0.29, 0.717) is 13.0 Å². The van der Waals surface area contributed by atoms with Gasteiger partial charge in [-0.3, -0.25) is 4.79 Å². The van der Waals surface area contributed by atoms with Crippen molar-refractivity contribution in [3.05, 3.63) is 29.3 Å². The summed E-state index contributed by atoms with van der Waals surface area (Å²) in [5, 5.41) is 11.5. The average molecular weight is 281 g/mol. The molecule has 0 radical (unpaired) electrons. The van der Waals surface area contributed by atoms with Crippen molar-refractivity contribution in [2.75, 3.05) is 18.9 Å². The summed E-state index contributed by atoms with van der Waals surface area (Å²) in [6, 6.07) is 6.39. The Balaban J connectivity index is 2.18. The molecule has 1 amide bonds. The lowest BCUT2D eigenvalue weighted by Gasteiger charge is -2.06. The predicted molar refractivity (Wildman–Crippen MR) is 80.6 cm³/mol. The fourth-order valence-corrected chi connectivity index (χ4v) is 2.57. The molecule has 0 saturated heterocycles. The molecule has 0 aliphatic heterocycles. The molecule has 0 aromatic heterocycles. The maximum atomic E-state index is 11.5. The third-order valence-corrected chi connectivity index (χ3v) is 3.98. The van der Waals surface area contributed by atoms with Gasteiger partial charge in [0.15, 0.2) is 0 Å². The maximum Gasteiger partial charge on any atom is 0.220 e. The van der Waals surface area contributed by atoms with E-state index in [1.165, 1.54) is 16.0 Å². The molecule has 0 bridgehead atoms. The molecule has 0 saturated carbocycles. The largest absolute Gasteiger partial charge is 0.396 e. The van der Waals surface area contributed by atoms with Gasteiger partial charge < -0.3 is 10.4 Å². The van der Waals surface area contributed by atoms with Crippen LogP contribution in [0.2, 0.25) is 0 Å². The van der Waals surface area contributed by atoms with Crippen LogP contribution in [0.1, 0.15) is 30.4 Å². The van der Waals surface area contributed by atoms with E-state index in [0.717, 1.165) is 18.6 Å². The lowest BCUT2D eigenvalue weighted by Crippen LogP contribution is -2.24. The second-order valence-electron chi connectivity index (χ2n) is 4.63. The smallest absolute Gasteiger partial charge is 0.220 e. The zero-order chi connectivity index (χ0) is 14.1. The van der Waals surface area contributed by atoms with Crippen molar-refractivity contribution in [1.82, 2.24) is 5.32 Å². The van der Waals surface area contributed by atoms with Crippen molar-refractivity contribution in [3.63, 3.8) is 0 Å². The quantitative estimate of drug-likeness (QED) is 0.569. The zero-order valence-corrected chi connectivity index (χ0v) is 12.6. The molecule has 0 aliphatic rings. The lowest BCUT2D eigenvalue weighted by atomic mass is 10.1. The number of aliphatic hydroxyl groups excluding tert-OH is 1. The molecular weight excluding hydrogens is 258 g/mol. The van der Waals surface area contributed by atoms with E-state index < -0.39 is 0 Å². The SMILES string of the molecule is Cc1ccc(SCCC(=O)NCCCCO)cc1C. The van der Waals surface area contributed by atoms with Crippen LogP contribution in [-0.2, 0) is 4.79 Å². The van der Waals surface area contributed by atoms with Crippen LogP contribution in [0.25, 0.3) is 0 Å². The number of rotatable bonds is 8. The standard InChI is InChI=1S/C15H23NO2S/c1-12-5-6-14(11-13(12)2)19-10-7-15(18)16-8-3-4-9-17/h5-6,11,17H,3-4,7-10H2,1-2H3,(H,16,18). The van der Waals surface area contributed by atoms with Gasteiger partial charge in [-0.15, -0.1) is 11.8 Å². The minimum Gasteiger partial charge on any atom is -0.396 e. The molecular formula is C15H23NO2S. The summed E-state index contributed by atoms with van der Waals surface area (Å²) in [5.74, 6) is 0.892. The molecule has 106 valence electrons. The fraction of sp³-hybridized carbons (Fsp3) is 0.533. The van der Waals surface area contributed by atoms with Gasteiger partial charge in [0.25, 0.3) is 0 Å². The van der Waals surface area contributed by atoms with E-state index in [4.69, 9.17) is 5.11 Å². The summed E-state index contributed by atoms with van der Waals surface area (Å²) in [6.07, 6.45) is 2.13. The number of nitrogens with one attached hydrogen (secondary N) is 1. The molecule has 0 unspecified atom stereocenters. The Morgan fingerprint density at radius 1 is 1.26 bits per heavy atom. The molecule has 0 atom stereocenters. The Morgan fingerprint density at radius 2 is 2.05 bits per heavy atom. The van der Waals surface area contributed by atoms with Crippen molar-refractivity contribution in [2.24, 2.45) is 0 Å². The molecule has 2 N–H and O–H groups in total. The highest BCUT2D eigenvalue weighted by molar-refractivity contribution is 7.99. The summed E-state index contributed by atoms with van der Waals surface area (Å²) in [6.45, 7) is 5.06. The van der Waals surface area contributed by atoms with Crippen LogP contribution in [0.3, 0.4) is 0 Å². The van der Waals surface area contributed by atoms with Crippen LogP contribution in [0.5, 0.6) is 0 Å². The van der Waals surface area contributed by atoms with Crippen molar-refractivity contribution < 1.29 is 9.90 Å². The number of unbranched alkanes of at least 4 members (excludes halogenated alkanes) is 1. The first-order chi connectivity index (χ1) is 9.13. The Kier molecular flexibility index (Phi) is 7.60. The fourth-order valence-electron chi connectivity index (χ4n) is 1.62. The van der Waals surface area contributed by atoms with Crippen LogP contribution < -0.4 is 5.32 Å². The van der Waals surface area contributed by atoms with Gasteiger partial charge in [-0.2, -0.15) is 0 Å². The number of carbonyl (C=O) groups excluding carboxylic acids is 1. The lowest BCUT2D eigenvalue weighted by molar-refractivity contribution is -0.120. The first kappa shape index (κ1) is 16.1. The Labute approximate surface area is 119 Å². The van der Waals surface area contributed by atoms with E-state index in [1.807, 2.05) is 0 Å². The first-order valence-electron chi connectivity index (χ1n) is 6.71. The summed E-state index contributed by atoms with van der Waals surface area (Å²) in [4.78, 5) is 12.7. The molecule has 3 nitrogen and oxygen atoms in total. The molecule has 0 heterocycles. The van der Waals surface area contributed by atoms with E-state index in [1.54, 1.807) is 11.8 Å². The highest BCUT2D eigenvalue weighted by atomic mass is 32.2. The van der Waals surface area contributed by atoms with Crippen LogP contribution in [0.4, 0.5) is 0 Å². The summed E-state index contributed by atoms with van der Waals surface area (Å²) >= 11 is 1.71. The first-order valence-corrected chi connectivity index (χ1v) is 7.69. The van der Waals surface area contributed by atoms with Crippen molar-refractivity contribution in [1.29, 1.82) is 0 Å². The van der Waals surface area contributed by atoms with Gasteiger partial charge in [0, 0.05) is 30.2 Å². The van der Waals surface area contributed by atoms with Gasteiger partial charge in [0.2, 0.25) is 5.91 Å². The third kappa shape index (κ3) is 6.64. The Hall–Kier alpha value is -1.00. The van der Waals surface area contributed by atoms with E-state index in [9.17, 15) is 4.79 Å². The second-order valence-corrected chi connectivity index (χ2v) is 5.79. The average Bonchev–Trinajstić information content (AvgIpc) is 2.39. The number of carbonyl (C=O) groups is 1. The Morgan fingerprint density at radius 3 is 2.74 bits per heavy atom. The molecule has 4 heteroatoms. The van der Waals surface area contributed by atoms with E-state index in [2.05, 4.69) is 37.4 Å². The van der Waals surface area contributed by atoms with Gasteiger partial charge in [-0.05, 0) is 49.9 Å². The van der Waals surface area contributed by atoms with Crippen LogP contribution in [-0.4, -0.2) is 29.9 Å². The number of hydrogen-bond acceptors (Lipinski definition) is 3. The molecule has 0 fully saturated rings. The monoisotopic (exact) mass is 281 g/mol. The molecule has 0 aliphatic carbocycles. The van der Waals surface area contributed by atoms with Gasteiger partial charge in [-0.1, -0.05) is 6.07 Å². The zero-order valence-electron chi connectivity index (χ0n) is 11.7. The molecule has 1 rings (SSSR count). The Bertz CT molecular complexity index is 407. The van der Waals surface area contributed by atoms with Crippen molar-refractivity contribution in [2.45, 2.75) is 38.0 Å². The summed E-state index contributed by atoms with van der Waals surface area (Å²) in [7, 11) is 0. The van der Waals surface area contributed by atoms with Gasteiger partial charge >= 0.3 is 0 Å². The highest BCUT2D eigenvalue weighted by Crippen LogP contribution is 2.21. The number of thioether (sulfide) groups is 1. The van der Waals surface area contributed by atoms with Crippen LogP contribution >= 0.6 is 11.8 Å². The number of aliphatic hydroxyl groups is 1. The van der Waals surface area contributed by atoms with Crippen LogP contribution in [0.15, 0.2) is 23.1 Å². The molecule has 1 aromatic carbocycles. The predicted octanol–water partition coefficient (Wildman–Crippen LogP) is 2.67. The van der Waals surface area contributed by atoms with E-state index >= 15 is 0 Å². The minimum atomic E-state index is 0.0919. The second kappa shape index (κ2) is 8.99. The normalized spacial score (nSPS) is 10.5. The number of aryl methyl sites for hydroxylation is 2. The topological polar surface area (TPSA) is 49.3 Å². The molecule has 0 spiro atoms. The van der Waals surface area contributed by atoms with Gasteiger partial charge in [0.1, 0.15) is 0 Å². The summed E-state index contributed by atoms with van der Waals surface area (Å²) in [5.41, 5.74) is 2.59. The highest BCUT2D eigenvalue weighted by Gasteiger charge is 2.02. The number of benzene rings is 1. The van der Waals surface area contributed by atoms with Crippen molar-refractivity contribution in [3.8, 4) is 0 Å². The van der Waals surface area contributed by atoms with Gasteiger partial charge in [0.05, 0.1) is 0 Å². The van der Waals surface area contributed by atoms with Crippen LogP contribution in [0, 0.1) is 13.8 Å². The summed E-state index contributed by atoms with van der Waals surface area (Å²) < 4.78 is 0. The minimum absolute atomic E-state index is 0.0919. The van der Waals surface area contributed by atoms with Gasteiger partial charge in [-0.25, -0.2) is 0 Å². The van der Waals surface area contributed by atoms with Crippen molar-refractivity contribution >= 4 is 17.7 Å². The molecule has 19 heavy (non-hydrogen) atoms. The van der Waals surface area contributed by atoms with E-state index in [-0.39, 0.29) is 12.5 Å². The number of hydrogen-bond donors (Lipinski definition) is 2. The third-order valence-electron chi connectivity index (χ3n) is 2.98. The maximum absolute atomic E-state index is 11.5. The number of amides is 1.